The summed E-state index contributed by atoms with van der Waals surface area (Å²) in [7, 11) is 0. The Labute approximate surface area is 87.1 Å². The van der Waals surface area contributed by atoms with Gasteiger partial charge in [-0.2, -0.15) is 4.98 Å². The van der Waals surface area contributed by atoms with E-state index >= 15 is 0 Å². The van der Waals surface area contributed by atoms with Crippen molar-refractivity contribution in [3.05, 3.63) is 17.6 Å². The molecule has 1 fully saturated rings. The van der Waals surface area contributed by atoms with Crippen LogP contribution < -0.4 is 4.74 Å². The fourth-order valence-corrected chi connectivity index (χ4v) is 1.30. The van der Waals surface area contributed by atoms with Crippen LogP contribution >= 0.6 is 0 Å². The van der Waals surface area contributed by atoms with E-state index in [4.69, 9.17) is 9.84 Å². The van der Waals surface area contributed by atoms with Crippen LogP contribution in [-0.4, -0.2) is 27.7 Å². The lowest BCUT2D eigenvalue weighted by atomic mass is 10.3. The van der Waals surface area contributed by atoms with Crippen LogP contribution in [0.1, 0.15) is 30.3 Å². The maximum absolute atomic E-state index is 10.3. The first-order valence-corrected chi connectivity index (χ1v) is 4.85. The van der Waals surface area contributed by atoms with Gasteiger partial charge >= 0.3 is 5.97 Å². The molecule has 2 rings (SSSR count). The normalized spacial score (nSPS) is 15.0. The van der Waals surface area contributed by atoms with Gasteiger partial charge in [0.05, 0.1) is 0 Å². The first kappa shape index (κ1) is 9.89. The van der Waals surface area contributed by atoms with E-state index in [1.807, 2.05) is 6.92 Å². The second-order valence-corrected chi connectivity index (χ2v) is 3.66. The molecule has 80 valence electrons. The minimum atomic E-state index is -1.00. The molecule has 0 amide bonds. The molecule has 15 heavy (non-hydrogen) atoms. The van der Waals surface area contributed by atoms with Gasteiger partial charge in [-0.15, -0.1) is 0 Å². The fraction of sp³-hybridized carbons (Fsp3) is 0.500. The lowest BCUT2D eigenvalue weighted by Gasteiger charge is -2.05. The molecule has 0 aliphatic heterocycles. The zero-order valence-corrected chi connectivity index (χ0v) is 8.43. The molecule has 0 unspecified atom stereocenters. The summed E-state index contributed by atoms with van der Waals surface area (Å²) < 4.78 is 5.02. The van der Waals surface area contributed by atoms with E-state index in [9.17, 15) is 4.79 Å². The topological polar surface area (TPSA) is 72.3 Å². The molecule has 1 aliphatic rings. The first-order valence-electron chi connectivity index (χ1n) is 4.85. The Hall–Kier alpha value is -1.65. The van der Waals surface area contributed by atoms with E-state index in [1.165, 1.54) is 0 Å². The third kappa shape index (κ3) is 2.65. The van der Waals surface area contributed by atoms with Crippen LogP contribution in [0.5, 0.6) is 5.88 Å². The molecule has 0 aromatic carbocycles. The second kappa shape index (κ2) is 3.84. The average Bonchev–Trinajstić information content (AvgIpc) is 2.97. The number of carbonyl (C=O) groups is 1. The van der Waals surface area contributed by atoms with Gasteiger partial charge in [-0.25, -0.2) is 9.78 Å². The van der Waals surface area contributed by atoms with Gasteiger partial charge < -0.3 is 9.84 Å². The molecule has 0 saturated heterocycles. The summed E-state index contributed by atoms with van der Waals surface area (Å²) in [6.07, 6.45) is 2.23. The standard InChI is InChI=1S/C10H12N2O3/c1-6-4-8(15-5-9(13)14)12-10(11-6)7-2-3-7/h4,7H,2-3,5H2,1H3,(H,13,14). The Morgan fingerprint density at radius 3 is 2.93 bits per heavy atom. The van der Waals surface area contributed by atoms with Crippen LogP contribution in [-0.2, 0) is 4.79 Å². The smallest absolute Gasteiger partial charge is 0.341 e. The molecule has 1 aromatic heterocycles. The molecule has 0 spiro atoms. The van der Waals surface area contributed by atoms with Crippen molar-refractivity contribution in [3.8, 4) is 5.88 Å². The molecule has 0 radical (unpaired) electrons. The second-order valence-electron chi connectivity index (χ2n) is 3.66. The van der Waals surface area contributed by atoms with E-state index < -0.39 is 5.97 Å². The number of aryl methyl sites for hydroxylation is 1. The van der Waals surface area contributed by atoms with Gasteiger partial charge in [0, 0.05) is 17.7 Å². The third-order valence-corrected chi connectivity index (χ3v) is 2.13. The number of nitrogens with zero attached hydrogens (tertiary/aromatic N) is 2. The van der Waals surface area contributed by atoms with E-state index in [0.717, 1.165) is 24.4 Å². The number of rotatable bonds is 4. The molecule has 1 aliphatic carbocycles. The van der Waals surface area contributed by atoms with Crippen molar-refractivity contribution >= 4 is 5.97 Å². The average molecular weight is 208 g/mol. The van der Waals surface area contributed by atoms with E-state index in [-0.39, 0.29) is 6.61 Å². The van der Waals surface area contributed by atoms with Crippen molar-refractivity contribution < 1.29 is 14.6 Å². The monoisotopic (exact) mass is 208 g/mol. The highest BCUT2D eigenvalue weighted by Gasteiger charge is 2.27. The molecular weight excluding hydrogens is 196 g/mol. The highest BCUT2D eigenvalue weighted by Crippen LogP contribution is 2.38. The number of aromatic nitrogens is 2. The number of carboxylic acid groups (broad SMARTS) is 1. The van der Waals surface area contributed by atoms with Crippen LogP contribution in [0.25, 0.3) is 0 Å². The summed E-state index contributed by atoms with van der Waals surface area (Å²) in [5.41, 5.74) is 0.812. The number of hydrogen-bond donors (Lipinski definition) is 1. The Morgan fingerprint density at radius 2 is 2.33 bits per heavy atom. The van der Waals surface area contributed by atoms with Crippen LogP contribution in [0.3, 0.4) is 0 Å². The van der Waals surface area contributed by atoms with Crippen molar-refractivity contribution in [3.63, 3.8) is 0 Å². The van der Waals surface area contributed by atoms with E-state index in [1.54, 1.807) is 6.07 Å². The molecule has 5 nitrogen and oxygen atoms in total. The SMILES string of the molecule is Cc1cc(OCC(=O)O)nc(C2CC2)n1. The summed E-state index contributed by atoms with van der Waals surface area (Å²) in [4.78, 5) is 18.8. The maximum atomic E-state index is 10.3. The predicted molar refractivity (Wildman–Crippen MR) is 51.9 cm³/mol. The Kier molecular flexibility index (Phi) is 2.53. The van der Waals surface area contributed by atoms with E-state index in [2.05, 4.69) is 9.97 Å². The minimum Gasteiger partial charge on any atom is -0.479 e. The van der Waals surface area contributed by atoms with Crippen molar-refractivity contribution in [1.29, 1.82) is 0 Å². The predicted octanol–water partition coefficient (Wildman–Crippen LogP) is 1.13. The highest BCUT2D eigenvalue weighted by atomic mass is 16.5. The van der Waals surface area contributed by atoms with E-state index in [0.29, 0.717) is 11.8 Å². The molecule has 5 heteroatoms. The first-order chi connectivity index (χ1) is 7.15. The van der Waals surface area contributed by atoms with Gasteiger partial charge in [0.25, 0.3) is 0 Å². The molecule has 0 atom stereocenters. The lowest BCUT2D eigenvalue weighted by molar-refractivity contribution is -0.139. The van der Waals surface area contributed by atoms with Gasteiger partial charge in [0.1, 0.15) is 5.82 Å². The van der Waals surface area contributed by atoms with Gasteiger partial charge in [0.2, 0.25) is 5.88 Å². The quantitative estimate of drug-likeness (QED) is 0.802. The Morgan fingerprint density at radius 1 is 1.60 bits per heavy atom. The number of ether oxygens (including phenoxy) is 1. The van der Waals surface area contributed by atoms with Gasteiger partial charge in [-0.3, -0.25) is 0 Å². The molecule has 1 N–H and O–H groups in total. The minimum absolute atomic E-state index is 0.354. The van der Waals surface area contributed by atoms with Crippen molar-refractivity contribution in [2.24, 2.45) is 0 Å². The fourth-order valence-electron chi connectivity index (χ4n) is 1.30. The summed E-state index contributed by atoms with van der Waals surface area (Å²) in [5.74, 6) is 0.568. The van der Waals surface area contributed by atoms with Gasteiger partial charge in [-0.05, 0) is 19.8 Å². The van der Waals surface area contributed by atoms with Crippen LogP contribution in [0.2, 0.25) is 0 Å². The summed E-state index contributed by atoms with van der Waals surface area (Å²) in [6, 6.07) is 1.65. The number of carboxylic acids is 1. The number of aliphatic carboxylic acids is 1. The van der Waals surface area contributed by atoms with Crippen LogP contribution in [0, 0.1) is 6.92 Å². The zero-order valence-electron chi connectivity index (χ0n) is 8.43. The summed E-state index contributed by atoms with van der Waals surface area (Å²) in [5, 5.41) is 8.47. The van der Waals surface area contributed by atoms with Crippen molar-refractivity contribution in [2.45, 2.75) is 25.7 Å². The van der Waals surface area contributed by atoms with Crippen LogP contribution in [0.15, 0.2) is 6.07 Å². The molecular formula is C10H12N2O3. The van der Waals surface area contributed by atoms with Crippen molar-refractivity contribution in [2.75, 3.05) is 6.61 Å². The number of hydrogen-bond acceptors (Lipinski definition) is 4. The Bertz CT molecular complexity index is 388. The Balaban J connectivity index is 2.12. The lowest BCUT2D eigenvalue weighted by Crippen LogP contribution is -2.11. The maximum Gasteiger partial charge on any atom is 0.341 e. The molecule has 1 aromatic rings. The van der Waals surface area contributed by atoms with Gasteiger partial charge in [0.15, 0.2) is 6.61 Å². The third-order valence-electron chi connectivity index (χ3n) is 2.13. The van der Waals surface area contributed by atoms with Gasteiger partial charge in [-0.1, -0.05) is 0 Å². The summed E-state index contributed by atoms with van der Waals surface area (Å²) in [6.45, 7) is 1.49. The van der Waals surface area contributed by atoms with Crippen LogP contribution in [0.4, 0.5) is 0 Å². The summed E-state index contributed by atoms with van der Waals surface area (Å²) >= 11 is 0. The molecule has 1 heterocycles. The molecule has 1 saturated carbocycles. The highest BCUT2D eigenvalue weighted by molar-refractivity contribution is 5.68. The zero-order chi connectivity index (χ0) is 10.8. The largest absolute Gasteiger partial charge is 0.479 e. The van der Waals surface area contributed by atoms with Crippen molar-refractivity contribution in [1.82, 2.24) is 9.97 Å². The molecule has 0 bridgehead atoms.